The first-order chi connectivity index (χ1) is 11.0. The van der Waals surface area contributed by atoms with Crippen molar-refractivity contribution in [2.45, 2.75) is 19.0 Å². The maximum atomic E-state index is 13.0. The number of halogens is 2. The van der Waals surface area contributed by atoms with Crippen LogP contribution in [-0.4, -0.2) is 17.9 Å². The van der Waals surface area contributed by atoms with Crippen LogP contribution in [0.25, 0.3) is 0 Å². The van der Waals surface area contributed by atoms with E-state index in [1.165, 1.54) is 24.3 Å². The van der Waals surface area contributed by atoms with Crippen LogP contribution in [0.5, 0.6) is 0 Å². The number of anilines is 1. The van der Waals surface area contributed by atoms with Crippen LogP contribution in [0.1, 0.15) is 12.0 Å². The molecule has 2 N–H and O–H groups in total. The van der Waals surface area contributed by atoms with Gasteiger partial charge in [0, 0.05) is 10.6 Å². The molecule has 2 amide bonds. The summed E-state index contributed by atoms with van der Waals surface area (Å²) in [5.41, 5.74) is 1.43. The van der Waals surface area contributed by atoms with Crippen molar-refractivity contribution >= 4 is 29.1 Å². The van der Waals surface area contributed by atoms with Crippen LogP contribution in [0.3, 0.4) is 0 Å². The van der Waals surface area contributed by atoms with Gasteiger partial charge in [-0.2, -0.15) is 0 Å². The Hall–Kier alpha value is -2.24. The molecule has 118 valence electrons. The highest BCUT2D eigenvalue weighted by molar-refractivity contribution is 6.30. The Morgan fingerprint density at radius 2 is 1.74 bits per heavy atom. The number of imide groups is 1. The van der Waals surface area contributed by atoms with E-state index >= 15 is 0 Å². The summed E-state index contributed by atoms with van der Waals surface area (Å²) in [6.45, 7) is 0.581. The fourth-order valence-corrected chi connectivity index (χ4v) is 2.73. The molecule has 6 heteroatoms. The molecule has 1 aliphatic heterocycles. The Labute approximate surface area is 137 Å². The van der Waals surface area contributed by atoms with Crippen LogP contribution < -0.4 is 10.2 Å². The summed E-state index contributed by atoms with van der Waals surface area (Å²) in [4.78, 5) is 25.7. The molecule has 0 aliphatic carbocycles. The molecule has 4 nitrogen and oxygen atoms in total. The van der Waals surface area contributed by atoms with Gasteiger partial charge in [-0.05, 0) is 36.4 Å². The van der Waals surface area contributed by atoms with Gasteiger partial charge in [-0.1, -0.05) is 23.7 Å². The number of carbonyl (C=O) groups is 2. The van der Waals surface area contributed by atoms with Gasteiger partial charge in [0.15, 0.2) is 6.04 Å². The SMILES string of the molecule is O=C1C[C@@H]([NH2+]Cc2ccc(Cl)cc2)C(=O)N1c1ccc(F)cc1. The van der Waals surface area contributed by atoms with Crippen molar-refractivity contribution in [1.29, 1.82) is 0 Å². The van der Waals surface area contributed by atoms with E-state index in [-0.39, 0.29) is 18.2 Å². The van der Waals surface area contributed by atoms with Crippen LogP contribution in [0.4, 0.5) is 10.1 Å². The molecule has 23 heavy (non-hydrogen) atoms. The number of nitrogens with zero attached hydrogens (tertiary/aromatic N) is 1. The zero-order valence-corrected chi connectivity index (χ0v) is 13.0. The van der Waals surface area contributed by atoms with Gasteiger partial charge < -0.3 is 5.32 Å². The molecule has 1 aliphatic rings. The van der Waals surface area contributed by atoms with Gasteiger partial charge in [-0.3, -0.25) is 9.59 Å². The minimum absolute atomic E-state index is 0.143. The topological polar surface area (TPSA) is 54.0 Å². The van der Waals surface area contributed by atoms with Crippen molar-refractivity contribution in [3.05, 3.63) is 64.9 Å². The molecular weight excluding hydrogens is 319 g/mol. The Kier molecular flexibility index (Phi) is 4.41. The van der Waals surface area contributed by atoms with Gasteiger partial charge >= 0.3 is 0 Å². The second kappa shape index (κ2) is 6.48. The number of quaternary nitrogens is 1. The molecule has 0 spiro atoms. The maximum absolute atomic E-state index is 13.0. The highest BCUT2D eigenvalue weighted by Crippen LogP contribution is 2.21. The smallest absolute Gasteiger partial charge is 0.292 e. The molecule has 2 aromatic rings. The van der Waals surface area contributed by atoms with Crippen molar-refractivity contribution in [2.24, 2.45) is 0 Å². The molecule has 3 rings (SSSR count). The fraction of sp³-hybridized carbons (Fsp3) is 0.176. The standard InChI is InChI=1S/C17H14ClFN2O2/c18-12-3-1-11(2-4-12)10-20-15-9-16(22)21(17(15)23)14-7-5-13(19)6-8-14/h1-8,15,20H,9-10H2/p+1/t15-/m1/s1. The predicted molar refractivity (Wildman–Crippen MR) is 84.4 cm³/mol. The minimum Gasteiger partial charge on any atom is -0.332 e. The maximum Gasteiger partial charge on any atom is 0.292 e. The van der Waals surface area contributed by atoms with Gasteiger partial charge in [0.25, 0.3) is 5.91 Å². The lowest BCUT2D eigenvalue weighted by Gasteiger charge is -2.14. The molecule has 1 fully saturated rings. The normalized spacial score (nSPS) is 17.8. The highest BCUT2D eigenvalue weighted by Gasteiger charge is 2.42. The summed E-state index contributed by atoms with van der Waals surface area (Å²) in [5, 5.41) is 2.50. The second-order valence-electron chi connectivity index (χ2n) is 5.42. The largest absolute Gasteiger partial charge is 0.332 e. The van der Waals surface area contributed by atoms with Gasteiger partial charge in [0.05, 0.1) is 12.1 Å². The molecular formula is C17H15ClFN2O2+. The van der Waals surface area contributed by atoms with E-state index in [1.54, 1.807) is 12.1 Å². The fourth-order valence-electron chi connectivity index (χ4n) is 2.60. The molecule has 1 saturated heterocycles. The monoisotopic (exact) mass is 333 g/mol. The van der Waals surface area contributed by atoms with E-state index in [0.717, 1.165) is 10.5 Å². The summed E-state index contributed by atoms with van der Waals surface area (Å²) in [7, 11) is 0. The lowest BCUT2D eigenvalue weighted by molar-refractivity contribution is -0.690. The van der Waals surface area contributed by atoms with Crippen molar-refractivity contribution < 1.29 is 19.3 Å². The first-order valence-electron chi connectivity index (χ1n) is 7.25. The summed E-state index contributed by atoms with van der Waals surface area (Å²) < 4.78 is 13.0. The zero-order chi connectivity index (χ0) is 16.4. The number of nitrogens with two attached hydrogens (primary N) is 1. The quantitative estimate of drug-likeness (QED) is 0.869. The van der Waals surface area contributed by atoms with Crippen molar-refractivity contribution in [3.8, 4) is 0 Å². The Morgan fingerprint density at radius 1 is 1.09 bits per heavy atom. The van der Waals surface area contributed by atoms with E-state index in [1.807, 2.05) is 17.4 Å². The Morgan fingerprint density at radius 3 is 2.39 bits per heavy atom. The average Bonchev–Trinajstić information content (AvgIpc) is 2.82. The van der Waals surface area contributed by atoms with Gasteiger partial charge in [-0.25, -0.2) is 9.29 Å². The third-order valence-corrected chi connectivity index (χ3v) is 4.07. The zero-order valence-electron chi connectivity index (χ0n) is 12.2. The number of carbonyl (C=O) groups excluding carboxylic acids is 2. The molecule has 0 bridgehead atoms. The third-order valence-electron chi connectivity index (χ3n) is 3.82. The minimum atomic E-state index is -0.455. The molecule has 0 unspecified atom stereocenters. The van der Waals surface area contributed by atoms with Crippen LogP contribution in [0, 0.1) is 5.82 Å². The number of hydrogen-bond donors (Lipinski definition) is 1. The molecule has 1 atom stereocenters. The third kappa shape index (κ3) is 3.41. The predicted octanol–water partition coefficient (Wildman–Crippen LogP) is 1.87. The lowest BCUT2D eigenvalue weighted by Crippen LogP contribution is -2.90. The van der Waals surface area contributed by atoms with Crippen LogP contribution in [0.2, 0.25) is 5.02 Å². The van der Waals surface area contributed by atoms with E-state index in [2.05, 4.69) is 0 Å². The molecule has 1 heterocycles. The summed E-state index contributed by atoms with van der Waals surface area (Å²) in [6.07, 6.45) is 0.143. The summed E-state index contributed by atoms with van der Waals surface area (Å²) in [5.74, 6) is -0.937. The van der Waals surface area contributed by atoms with E-state index in [4.69, 9.17) is 11.6 Å². The van der Waals surface area contributed by atoms with Crippen molar-refractivity contribution in [2.75, 3.05) is 4.90 Å². The van der Waals surface area contributed by atoms with E-state index in [9.17, 15) is 14.0 Å². The molecule has 0 aromatic heterocycles. The molecule has 0 saturated carbocycles. The second-order valence-corrected chi connectivity index (χ2v) is 5.86. The summed E-state index contributed by atoms with van der Waals surface area (Å²) in [6, 6.07) is 12.2. The van der Waals surface area contributed by atoms with Crippen LogP contribution >= 0.6 is 11.6 Å². The first kappa shape index (κ1) is 15.6. The number of amides is 2. The van der Waals surface area contributed by atoms with E-state index in [0.29, 0.717) is 17.3 Å². The Balaban J connectivity index is 1.68. The van der Waals surface area contributed by atoms with Crippen LogP contribution in [-0.2, 0) is 16.1 Å². The van der Waals surface area contributed by atoms with Gasteiger partial charge in [-0.15, -0.1) is 0 Å². The number of benzene rings is 2. The van der Waals surface area contributed by atoms with Crippen molar-refractivity contribution in [1.82, 2.24) is 0 Å². The summed E-state index contributed by atoms with van der Waals surface area (Å²) >= 11 is 5.84. The first-order valence-corrected chi connectivity index (χ1v) is 7.62. The molecule has 2 aromatic carbocycles. The van der Waals surface area contributed by atoms with E-state index < -0.39 is 11.9 Å². The van der Waals surface area contributed by atoms with Gasteiger partial charge in [0.2, 0.25) is 5.91 Å². The van der Waals surface area contributed by atoms with Gasteiger partial charge in [0.1, 0.15) is 12.4 Å². The number of hydrogen-bond acceptors (Lipinski definition) is 2. The highest BCUT2D eigenvalue weighted by atomic mass is 35.5. The molecule has 0 radical (unpaired) electrons. The van der Waals surface area contributed by atoms with Crippen molar-refractivity contribution in [3.63, 3.8) is 0 Å². The lowest BCUT2D eigenvalue weighted by atomic mass is 10.2. The van der Waals surface area contributed by atoms with Crippen LogP contribution in [0.15, 0.2) is 48.5 Å². The Bertz CT molecular complexity index is 731. The number of rotatable bonds is 4. The average molecular weight is 334 g/mol.